The molecule has 1 heterocycles. The van der Waals surface area contributed by atoms with Crippen LogP contribution in [0.1, 0.15) is 37.7 Å². The molecule has 17 heavy (non-hydrogen) atoms. The Morgan fingerprint density at radius 2 is 2.06 bits per heavy atom. The van der Waals surface area contributed by atoms with Gasteiger partial charge in [0.25, 0.3) is 0 Å². The highest BCUT2D eigenvalue weighted by atomic mass is 16.5. The van der Waals surface area contributed by atoms with Crippen molar-refractivity contribution in [2.24, 2.45) is 0 Å². The van der Waals surface area contributed by atoms with Crippen LogP contribution in [-0.4, -0.2) is 19.3 Å². The molecule has 1 aromatic rings. The maximum atomic E-state index is 5.72. The largest absolute Gasteiger partial charge is 0.378 e. The van der Waals surface area contributed by atoms with Crippen molar-refractivity contribution in [1.29, 1.82) is 0 Å². The molecule has 0 spiro atoms. The van der Waals surface area contributed by atoms with Crippen LogP contribution in [0.15, 0.2) is 30.3 Å². The van der Waals surface area contributed by atoms with E-state index >= 15 is 0 Å². The number of nitrogens with one attached hydrogen (secondary N) is 1. The zero-order valence-electron chi connectivity index (χ0n) is 10.5. The first-order valence-electron chi connectivity index (χ1n) is 6.81. The standard InChI is InChI=1S/C15H23NO/c1-2-7-14(8-3-1)13-16-11-6-10-15-9-4-5-12-17-15/h1-3,7-8,15-16H,4-6,9-13H2. The second-order valence-electron chi connectivity index (χ2n) is 4.79. The molecular weight excluding hydrogens is 210 g/mol. The molecular formula is C15H23NO. The smallest absolute Gasteiger partial charge is 0.0575 e. The molecule has 0 aromatic heterocycles. The van der Waals surface area contributed by atoms with Crippen LogP contribution in [0.5, 0.6) is 0 Å². The lowest BCUT2D eigenvalue weighted by Gasteiger charge is -2.22. The third-order valence-corrected chi connectivity index (χ3v) is 3.33. The summed E-state index contributed by atoms with van der Waals surface area (Å²) < 4.78 is 5.72. The molecule has 1 N–H and O–H groups in total. The Labute approximate surface area is 104 Å². The average Bonchev–Trinajstić information content (AvgIpc) is 2.41. The second-order valence-corrected chi connectivity index (χ2v) is 4.79. The van der Waals surface area contributed by atoms with Crippen molar-refractivity contribution >= 4 is 0 Å². The van der Waals surface area contributed by atoms with Crippen molar-refractivity contribution in [3.8, 4) is 0 Å². The van der Waals surface area contributed by atoms with E-state index in [9.17, 15) is 0 Å². The summed E-state index contributed by atoms with van der Waals surface area (Å²) in [6.45, 7) is 3.04. The van der Waals surface area contributed by atoms with Crippen molar-refractivity contribution in [3.63, 3.8) is 0 Å². The Kier molecular flexibility index (Phi) is 5.53. The van der Waals surface area contributed by atoms with Crippen LogP contribution < -0.4 is 5.32 Å². The number of benzene rings is 1. The van der Waals surface area contributed by atoms with Gasteiger partial charge in [-0.15, -0.1) is 0 Å². The minimum absolute atomic E-state index is 0.530. The highest BCUT2D eigenvalue weighted by molar-refractivity contribution is 5.14. The molecule has 1 aliphatic heterocycles. The molecule has 1 aromatic carbocycles. The number of ether oxygens (including phenoxy) is 1. The molecule has 1 fully saturated rings. The molecule has 0 amide bonds. The van der Waals surface area contributed by atoms with E-state index in [4.69, 9.17) is 4.74 Å². The van der Waals surface area contributed by atoms with Crippen LogP contribution in [0, 0.1) is 0 Å². The van der Waals surface area contributed by atoms with E-state index < -0.39 is 0 Å². The fourth-order valence-corrected chi connectivity index (χ4v) is 2.32. The quantitative estimate of drug-likeness (QED) is 0.762. The Bertz CT molecular complexity index is 293. The molecule has 2 heteroatoms. The zero-order valence-corrected chi connectivity index (χ0v) is 10.5. The van der Waals surface area contributed by atoms with Crippen molar-refractivity contribution < 1.29 is 4.74 Å². The van der Waals surface area contributed by atoms with Gasteiger partial charge in [-0.1, -0.05) is 30.3 Å². The average molecular weight is 233 g/mol. The lowest BCUT2D eigenvalue weighted by molar-refractivity contribution is 0.0102. The van der Waals surface area contributed by atoms with Gasteiger partial charge in [0.1, 0.15) is 0 Å². The van der Waals surface area contributed by atoms with Gasteiger partial charge in [0.15, 0.2) is 0 Å². The van der Waals surface area contributed by atoms with Gasteiger partial charge in [0, 0.05) is 13.2 Å². The molecule has 2 rings (SSSR count). The first-order valence-corrected chi connectivity index (χ1v) is 6.81. The number of rotatable bonds is 6. The van der Waals surface area contributed by atoms with E-state index in [0.29, 0.717) is 6.10 Å². The van der Waals surface area contributed by atoms with Crippen LogP contribution in [0.2, 0.25) is 0 Å². The van der Waals surface area contributed by atoms with Crippen molar-refractivity contribution in [2.75, 3.05) is 13.2 Å². The molecule has 1 saturated heterocycles. The summed E-state index contributed by atoms with van der Waals surface area (Å²) in [5.74, 6) is 0. The van der Waals surface area contributed by atoms with Gasteiger partial charge in [0.05, 0.1) is 6.10 Å². The maximum Gasteiger partial charge on any atom is 0.0575 e. The minimum atomic E-state index is 0.530. The summed E-state index contributed by atoms with van der Waals surface area (Å²) in [5.41, 5.74) is 1.36. The van der Waals surface area contributed by atoms with Gasteiger partial charge in [-0.2, -0.15) is 0 Å². The van der Waals surface area contributed by atoms with Crippen molar-refractivity contribution in [3.05, 3.63) is 35.9 Å². The Morgan fingerprint density at radius 1 is 1.18 bits per heavy atom. The van der Waals surface area contributed by atoms with Gasteiger partial charge in [-0.05, 0) is 44.2 Å². The minimum Gasteiger partial charge on any atom is -0.378 e. The maximum absolute atomic E-state index is 5.72. The molecule has 2 nitrogen and oxygen atoms in total. The Balaban J connectivity index is 1.51. The predicted molar refractivity (Wildman–Crippen MR) is 71.0 cm³/mol. The van der Waals surface area contributed by atoms with Gasteiger partial charge in [-0.3, -0.25) is 0 Å². The highest BCUT2D eigenvalue weighted by Gasteiger charge is 2.12. The van der Waals surface area contributed by atoms with E-state index in [0.717, 1.165) is 19.7 Å². The second kappa shape index (κ2) is 7.46. The normalized spacial score (nSPS) is 20.4. The third-order valence-electron chi connectivity index (χ3n) is 3.33. The summed E-state index contributed by atoms with van der Waals surface area (Å²) in [6, 6.07) is 10.6. The fourth-order valence-electron chi connectivity index (χ4n) is 2.32. The van der Waals surface area contributed by atoms with E-state index in [1.807, 2.05) is 0 Å². The first kappa shape index (κ1) is 12.6. The van der Waals surface area contributed by atoms with Crippen LogP contribution in [-0.2, 0) is 11.3 Å². The molecule has 1 aliphatic rings. The molecule has 94 valence electrons. The number of hydrogen-bond donors (Lipinski definition) is 1. The van der Waals surface area contributed by atoms with Gasteiger partial charge in [0.2, 0.25) is 0 Å². The predicted octanol–water partition coefficient (Wildman–Crippen LogP) is 3.13. The van der Waals surface area contributed by atoms with Gasteiger partial charge >= 0.3 is 0 Å². The van der Waals surface area contributed by atoms with Crippen LogP contribution in [0.4, 0.5) is 0 Å². The summed E-state index contributed by atoms with van der Waals surface area (Å²) in [5, 5.41) is 3.49. The monoisotopic (exact) mass is 233 g/mol. The third kappa shape index (κ3) is 4.88. The van der Waals surface area contributed by atoms with E-state index in [1.165, 1.54) is 37.7 Å². The Hall–Kier alpha value is -0.860. The number of hydrogen-bond acceptors (Lipinski definition) is 2. The van der Waals surface area contributed by atoms with Crippen LogP contribution in [0.25, 0.3) is 0 Å². The lowest BCUT2D eigenvalue weighted by Crippen LogP contribution is -2.21. The summed E-state index contributed by atoms with van der Waals surface area (Å²) >= 11 is 0. The molecule has 1 unspecified atom stereocenters. The van der Waals surface area contributed by atoms with Crippen LogP contribution >= 0.6 is 0 Å². The van der Waals surface area contributed by atoms with Crippen molar-refractivity contribution in [2.45, 2.75) is 44.8 Å². The Morgan fingerprint density at radius 3 is 2.82 bits per heavy atom. The molecule has 0 radical (unpaired) electrons. The summed E-state index contributed by atoms with van der Waals surface area (Å²) in [4.78, 5) is 0. The van der Waals surface area contributed by atoms with E-state index in [-0.39, 0.29) is 0 Å². The van der Waals surface area contributed by atoms with Gasteiger partial charge in [-0.25, -0.2) is 0 Å². The molecule has 0 saturated carbocycles. The zero-order chi connectivity index (χ0) is 11.8. The highest BCUT2D eigenvalue weighted by Crippen LogP contribution is 2.16. The summed E-state index contributed by atoms with van der Waals surface area (Å²) in [7, 11) is 0. The summed E-state index contributed by atoms with van der Waals surface area (Å²) in [6.07, 6.45) is 6.82. The van der Waals surface area contributed by atoms with E-state index in [1.54, 1.807) is 0 Å². The van der Waals surface area contributed by atoms with Crippen molar-refractivity contribution in [1.82, 2.24) is 5.32 Å². The first-order chi connectivity index (χ1) is 8.45. The molecule has 0 aliphatic carbocycles. The SMILES string of the molecule is c1ccc(CNCCCC2CCCCO2)cc1. The molecule has 0 bridgehead atoms. The molecule has 1 atom stereocenters. The lowest BCUT2D eigenvalue weighted by atomic mass is 10.0. The van der Waals surface area contributed by atoms with Crippen LogP contribution in [0.3, 0.4) is 0 Å². The topological polar surface area (TPSA) is 21.3 Å². The van der Waals surface area contributed by atoms with E-state index in [2.05, 4.69) is 35.6 Å². The fraction of sp³-hybridized carbons (Fsp3) is 0.600. The van der Waals surface area contributed by atoms with Gasteiger partial charge < -0.3 is 10.1 Å².